The quantitative estimate of drug-likeness (QED) is 0.423. The van der Waals surface area contributed by atoms with Crippen LogP contribution in [0.25, 0.3) is 0 Å². The summed E-state index contributed by atoms with van der Waals surface area (Å²) < 4.78 is 8.92. The van der Waals surface area contributed by atoms with E-state index in [2.05, 4.69) is 10.1 Å². The highest BCUT2D eigenvalue weighted by molar-refractivity contribution is 5.75. The maximum Gasteiger partial charge on any atom is 0.414 e. The fourth-order valence-corrected chi connectivity index (χ4v) is 0.745. The highest BCUT2D eigenvalue weighted by Crippen LogP contribution is 2.07. The van der Waals surface area contributed by atoms with Crippen LogP contribution < -0.4 is 5.32 Å². The van der Waals surface area contributed by atoms with Crippen LogP contribution in [0.4, 0.5) is 4.79 Å². The van der Waals surface area contributed by atoms with Crippen molar-refractivity contribution in [1.29, 1.82) is 0 Å². The molecule has 0 atom stereocenters. The van der Waals surface area contributed by atoms with Gasteiger partial charge in [-0.15, -0.1) is 0 Å². The van der Waals surface area contributed by atoms with E-state index in [-0.39, 0.29) is 19.4 Å². The fraction of sp³-hybridized carbons (Fsp3) is 0.667. The van der Waals surface area contributed by atoms with E-state index in [1.54, 1.807) is 20.8 Å². The molecule has 0 heterocycles. The van der Waals surface area contributed by atoms with E-state index < -0.39 is 17.7 Å². The summed E-state index contributed by atoms with van der Waals surface area (Å²) in [5, 5.41) is 2.21. The Balaban J connectivity index is 3.64. The molecule has 0 unspecified atom stereocenters. The van der Waals surface area contributed by atoms with E-state index >= 15 is 0 Å². The summed E-state index contributed by atoms with van der Waals surface area (Å²) in [7, 11) is 0. The van der Waals surface area contributed by atoms with Crippen molar-refractivity contribution in [2.45, 2.75) is 32.8 Å². The van der Waals surface area contributed by atoms with Gasteiger partial charge < -0.3 is 14.8 Å². The van der Waals surface area contributed by atoms with Crippen LogP contribution >= 0.6 is 0 Å². The number of amides is 1. The first-order valence-electron chi connectivity index (χ1n) is 4.45. The van der Waals surface area contributed by atoms with Crippen molar-refractivity contribution >= 4 is 18.5 Å². The van der Waals surface area contributed by atoms with Crippen LogP contribution in [-0.2, 0) is 19.1 Å². The van der Waals surface area contributed by atoms with Gasteiger partial charge in [-0.05, 0) is 20.8 Å². The molecule has 0 saturated heterocycles. The Morgan fingerprint density at radius 3 is 2.40 bits per heavy atom. The molecule has 0 aromatic heterocycles. The number of alkyl carbamates (subject to hydrolysis) is 1. The molecule has 0 aliphatic heterocycles. The lowest BCUT2D eigenvalue weighted by molar-refractivity contribution is -0.154. The molecule has 0 aliphatic rings. The van der Waals surface area contributed by atoms with Gasteiger partial charge in [0, 0.05) is 6.54 Å². The lowest BCUT2D eigenvalue weighted by Gasteiger charge is -2.19. The third kappa shape index (κ3) is 8.73. The predicted octanol–water partition coefficient (Wildman–Crippen LogP) is 0.601. The van der Waals surface area contributed by atoms with Gasteiger partial charge in [-0.3, -0.25) is 9.59 Å². The topological polar surface area (TPSA) is 81.7 Å². The summed E-state index contributed by atoms with van der Waals surface area (Å²) in [6.45, 7) is 5.33. The number of esters is 1. The maximum absolute atomic E-state index is 11.1. The molecule has 0 saturated carbocycles. The minimum atomic E-state index is -0.881. The van der Waals surface area contributed by atoms with Crippen LogP contribution in [0.2, 0.25) is 0 Å². The lowest BCUT2D eigenvalue weighted by atomic mass is 10.2. The van der Waals surface area contributed by atoms with Crippen molar-refractivity contribution in [2.24, 2.45) is 0 Å². The van der Waals surface area contributed by atoms with Crippen molar-refractivity contribution in [3.8, 4) is 0 Å². The van der Waals surface area contributed by atoms with Crippen molar-refractivity contribution < 1.29 is 23.9 Å². The van der Waals surface area contributed by atoms with Gasteiger partial charge in [0.15, 0.2) is 0 Å². The summed E-state index contributed by atoms with van der Waals surface area (Å²) in [4.78, 5) is 31.4. The SMILES string of the molecule is CC(C)(C)OC(=O)CCNC(=O)OC=O. The molecule has 6 heteroatoms. The molecule has 0 spiro atoms. The molecule has 0 fully saturated rings. The van der Waals surface area contributed by atoms with Gasteiger partial charge in [-0.1, -0.05) is 0 Å². The number of ether oxygens (including phenoxy) is 2. The van der Waals surface area contributed by atoms with E-state index in [1.165, 1.54) is 0 Å². The highest BCUT2D eigenvalue weighted by atomic mass is 16.6. The zero-order valence-electron chi connectivity index (χ0n) is 9.03. The summed E-state index contributed by atoms with van der Waals surface area (Å²) >= 11 is 0. The van der Waals surface area contributed by atoms with Gasteiger partial charge >= 0.3 is 18.5 Å². The van der Waals surface area contributed by atoms with Crippen LogP contribution in [-0.4, -0.2) is 30.7 Å². The Kier molecular flexibility index (Phi) is 5.36. The molecule has 0 aromatic carbocycles. The molecule has 15 heavy (non-hydrogen) atoms. The van der Waals surface area contributed by atoms with E-state index in [9.17, 15) is 14.4 Å². The normalized spacial score (nSPS) is 10.3. The Morgan fingerprint density at radius 1 is 1.33 bits per heavy atom. The second-order valence-corrected chi connectivity index (χ2v) is 3.76. The predicted molar refractivity (Wildman–Crippen MR) is 51.0 cm³/mol. The smallest absolute Gasteiger partial charge is 0.414 e. The molecule has 1 amide bonds. The maximum atomic E-state index is 11.1. The summed E-state index contributed by atoms with van der Waals surface area (Å²) in [6.07, 6.45) is -0.848. The minimum Gasteiger partial charge on any atom is -0.460 e. The summed E-state index contributed by atoms with van der Waals surface area (Å²) in [5.74, 6) is -0.422. The first-order valence-corrected chi connectivity index (χ1v) is 4.45. The molecule has 0 aromatic rings. The number of hydrogen-bond donors (Lipinski definition) is 1. The van der Waals surface area contributed by atoms with E-state index in [0.717, 1.165) is 0 Å². The van der Waals surface area contributed by atoms with Crippen LogP contribution in [0.1, 0.15) is 27.2 Å². The number of carbonyl (C=O) groups is 3. The van der Waals surface area contributed by atoms with Gasteiger partial charge in [0.25, 0.3) is 0 Å². The van der Waals surface area contributed by atoms with Crippen LogP contribution in [0.5, 0.6) is 0 Å². The van der Waals surface area contributed by atoms with Crippen molar-refractivity contribution in [2.75, 3.05) is 6.54 Å². The molecular formula is C9H15NO5. The number of hydrogen-bond acceptors (Lipinski definition) is 5. The molecule has 0 aliphatic carbocycles. The van der Waals surface area contributed by atoms with Gasteiger partial charge in [0.1, 0.15) is 5.60 Å². The average Bonchev–Trinajstić information content (AvgIpc) is 2.00. The highest BCUT2D eigenvalue weighted by Gasteiger charge is 2.15. The van der Waals surface area contributed by atoms with Gasteiger partial charge in [-0.2, -0.15) is 0 Å². The second kappa shape index (κ2) is 6.00. The molecule has 0 bridgehead atoms. The second-order valence-electron chi connectivity index (χ2n) is 3.76. The number of nitrogens with one attached hydrogen (secondary N) is 1. The molecule has 0 rings (SSSR count). The monoisotopic (exact) mass is 217 g/mol. The third-order valence-corrected chi connectivity index (χ3v) is 1.17. The third-order valence-electron chi connectivity index (χ3n) is 1.17. The molecule has 6 nitrogen and oxygen atoms in total. The standard InChI is InChI=1S/C9H15NO5/c1-9(2,3)15-7(12)4-5-10-8(13)14-6-11/h6H,4-5H2,1-3H3,(H,10,13). The zero-order valence-corrected chi connectivity index (χ0v) is 9.03. The fourth-order valence-electron chi connectivity index (χ4n) is 0.745. The first kappa shape index (κ1) is 13.4. The lowest BCUT2D eigenvalue weighted by Crippen LogP contribution is -2.29. The molecular weight excluding hydrogens is 202 g/mol. The van der Waals surface area contributed by atoms with Crippen molar-refractivity contribution in [1.82, 2.24) is 5.32 Å². The van der Waals surface area contributed by atoms with E-state index in [1.807, 2.05) is 0 Å². The van der Waals surface area contributed by atoms with E-state index in [0.29, 0.717) is 0 Å². The van der Waals surface area contributed by atoms with Crippen LogP contribution in [0.3, 0.4) is 0 Å². The average molecular weight is 217 g/mol. The van der Waals surface area contributed by atoms with Crippen molar-refractivity contribution in [3.63, 3.8) is 0 Å². The number of rotatable bonds is 4. The Bertz CT molecular complexity index is 243. The first-order chi connectivity index (χ1) is 6.85. The zero-order chi connectivity index (χ0) is 11.9. The minimum absolute atomic E-state index is 0.0167. The van der Waals surface area contributed by atoms with Gasteiger partial charge in [0.05, 0.1) is 6.42 Å². The Morgan fingerprint density at radius 2 is 1.93 bits per heavy atom. The largest absolute Gasteiger partial charge is 0.460 e. The van der Waals surface area contributed by atoms with Crippen molar-refractivity contribution in [3.05, 3.63) is 0 Å². The van der Waals surface area contributed by atoms with E-state index in [4.69, 9.17) is 4.74 Å². The van der Waals surface area contributed by atoms with Gasteiger partial charge in [0.2, 0.25) is 0 Å². The summed E-state index contributed by atoms with van der Waals surface area (Å²) in [5.41, 5.74) is -0.541. The van der Waals surface area contributed by atoms with Gasteiger partial charge in [-0.25, -0.2) is 4.79 Å². The summed E-state index contributed by atoms with van der Waals surface area (Å²) in [6, 6.07) is 0. The molecule has 1 N–H and O–H groups in total. The van der Waals surface area contributed by atoms with Crippen LogP contribution in [0.15, 0.2) is 0 Å². The molecule has 0 radical (unpaired) electrons. The Hall–Kier alpha value is -1.59. The Labute approximate surface area is 87.9 Å². The molecule has 86 valence electrons. The number of carbonyl (C=O) groups excluding carboxylic acids is 3. The van der Waals surface area contributed by atoms with Crippen LogP contribution in [0, 0.1) is 0 Å².